The molecule has 0 aliphatic rings. The fourth-order valence-electron chi connectivity index (χ4n) is 2.41. The third-order valence-corrected chi connectivity index (χ3v) is 3.60. The summed E-state index contributed by atoms with van der Waals surface area (Å²) in [7, 11) is 4.64. The lowest BCUT2D eigenvalue weighted by Crippen LogP contribution is -2.01. The molecule has 3 N–H and O–H groups in total. The topological polar surface area (TPSA) is 83.2 Å². The summed E-state index contributed by atoms with van der Waals surface area (Å²) < 4.78 is 21.3. The zero-order chi connectivity index (χ0) is 18.4. The van der Waals surface area contributed by atoms with Gasteiger partial charge in [0, 0.05) is 11.3 Å². The lowest BCUT2D eigenvalue weighted by Gasteiger charge is -2.14. The number of benzene rings is 2. The first-order valence-electron chi connectivity index (χ1n) is 7.77. The van der Waals surface area contributed by atoms with Gasteiger partial charge in [0.1, 0.15) is 0 Å². The summed E-state index contributed by atoms with van der Waals surface area (Å²) in [4.78, 5) is 0. The normalized spacial score (nSPS) is 11.1. The van der Waals surface area contributed by atoms with Crippen LogP contribution in [0.2, 0.25) is 0 Å². The smallest absolute Gasteiger partial charge is 0.203 e. The molecule has 0 radical (unpaired) electrons. The Hall–Kier alpha value is -3.02. The first-order chi connectivity index (χ1) is 12.0. The van der Waals surface area contributed by atoms with Crippen LogP contribution in [-0.4, -0.2) is 33.0 Å². The molecule has 0 aliphatic carbocycles. The van der Waals surface area contributed by atoms with E-state index in [1.807, 2.05) is 13.0 Å². The van der Waals surface area contributed by atoms with Crippen molar-refractivity contribution in [2.24, 2.45) is 5.73 Å². The number of rotatable bonds is 7. The molecule has 0 aliphatic heterocycles. The lowest BCUT2D eigenvalue weighted by atomic mass is 10.1. The third kappa shape index (κ3) is 4.09. The van der Waals surface area contributed by atoms with Gasteiger partial charge in [0.25, 0.3) is 0 Å². The Morgan fingerprint density at radius 2 is 1.64 bits per heavy atom. The number of nitrogens with two attached hydrogens (primary N) is 1. The third-order valence-electron chi connectivity index (χ3n) is 3.60. The molecule has 6 nitrogen and oxygen atoms in total. The number of phenolic OH excluding ortho intramolecular Hbond substituents is 1. The van der Waals surface area contributed by atoms with Crippen molar-refractivity contribution in [2.75, 3.05) is 27.9 Å². The van der Waals surface area contributed by atoms with Gasteiger partial charge in [-0.2, -0.15) is 0 Å². The molecule has 0 spiro atoms. The van der Waals surface area contributed by atoms with Gasteiger partial charge in [-0.25, -0.2) is 0 Å². The molecule has 0 fully saturated rings. The van der Waals surface area contributed by atoms with E-state index in [1.54, 1.807) is 51.7 Å². The van der Waals surface area contributed by atoms with Crippen molar-refractivity contribution in [3.63, 3.8) is 0 Å². The second-order valence-corrected chi connectivity index (χ2v) is 5.17. The minimum absolute atomic E-state index is 0.0632. The molecule has 0 saturated heterocycles. The summed E-state index contributed by atoms with van der Waals surface area (Å²) in [6.07, 6.45) is 1.75. The molecular weight excluding hydrogens is 322 g/mol. The van der Waals surface area contributed by atoms with Crippen LogP contribution in [0.15, 0.2) is 30.3 Å². The van der Waals surface area contributed by atoms with E-state index in [4.69, 9.17) is 24.7 Å². The average molecular weight is 345 g/mol. The highest BCUT2D eigenvalue weighted by Gasteiger charge is 2.14. The summed E-state index contributed by atoms with van der Waals surface area (Å²) >= 11 is 0. The van der Waals surface area contributed by atoms with Crippen LogP contribution >= 0.6 is 0 Å². The van der Waals surface area contributed by atoms with E-state index in [1.165, 1.54) is 0 Å². The van der Waals surface area contributed by atoms with Gasteiger partial charge in [-0.1, -0.05) is 6.07 Å². The van der Waals surface area contributed by atoms with Gasteiger partial charge in [0.15, 0.2) is 23.0 Å². The van der Waals surface area contributed by atoms with E-state index in [0.717, 1.165) is 5.56 Å². The van der Waals surface area contributed by atoms with E-state index in [-0.39, 0.29) is 5.75 Å². The molecule has 2 aromatic rings. The van der Waals surface area contributed by atoms with Crippen molar-refractivity contribution in [3.8, 4) is 28.7 Å². The van der Waals surface area contributed by atoms with E-state index in [9.17, 15) is 5.11 Å². The number of ether oxygens (including phenoxy) is 4. The van der Waals surface area contributed by atoms with E-state index in [0.29, 0.717) is 40.9 Å². The van der Waals surface area contributed by atoms with Gasteiger partial charge in [0.2, 0.25) is 5.75 Å². The standard InChI is InChI=1S/C19H23NO5/c1-5-25-16-7-6-12(9-15(16)21)8-14(20)13-10-17(22-2)19(24-4)18(11-13)23-3/h6-11,21H,5,20H2,1-4H3/b14-8+. The Labute approximate surface area is 147 Å². The second-order valence-electron chi connectivity index (χ2n) is 5.17. The molecule has 0 atom stereocenters. The van der Waals surface area contributed by atoms with E-state index >= 15 is 0 Å². The molecule has 2 rings (SSSR count). The van der Waals surface area contributed by atoms with Gasteiger partial charge in [-0.3, -0.25) is 0 Å². The lowest BCUT2D eigenvalue weighted by molar-refractivity contribution is 0.318. The molecular formula is C19H23NO5. The predicted octanol–water partition coefficient (Wildman–Crippen LogP) is 3.27. The first-order valence-corrected chi connectivity index (χ1v) is 7.77. The van der Waals surface area contributed by atoms with Crippen LogP contribution in [-0.2, 0) is 0 Å². The van der Waals surface area contributed by atoms with Crippen LogP contribution in [0.25, 0.3) is 11.8 Å². The summed E-state index contributed by atoms with van der Waals surface area (Å²) in [6.45, 7) is 2.34. The molecule has 6 heteroatoms. The second kappa shape index (κ2) is 8.19. The van der Waals surface area contributed by atoms with Crippen molar-refractivity contribution in [3.05, 3.63) is 41.5 Å². The number of hydrogen-bond donors (Lipinski definition) is 2. The molecule has 0 saturated carbocycles. The molecule has 0 heterocycles. The average Bonchev–Trinajstić information content (AvgIpc) is 2.62. The molecule has 25 heavy (non-hydrogen) atoms. The first kappa shape index (κ1) is 18.3. The maximum Gasteiger partial charge on any atom is 0.203 e. The maximum absolute atomic E-state index is 9.99. The molecule has 0 unspecified atom stereocenters. The molecule has 2 aromatic carbocycles. The van der Waals surface area contributed by atoms with E-state index < -0.39 is 0 Å². The fourth-order valence-corrected chi connectivity index (χ4v) is 2.41. The molecule has 0 bridgehead atoms. The highest BCUT2D eigenvalue weighted by atomic mass is 16.5. The van der Waals surface area contributed by atoms with Gasteiger partial charge in [-0.05, 0) is 42.8 Å². The Balaban J connectivity index is 2.41. The Morgan fingerprint density at radius 1 is 1.00 bits per heavy atom. The number of phenols is 1. The van der Waals surface area contributed by atoms with Gasteiger partial charge in [0.05, 0.1) is 27.9 Å². The number of methoxy groups -OCH3 is 3. The zero-order valence-electron chi connectivity index (χ0n) is 14.8. The van der Waals surface area contributed by atoms with Crippen molar-refractivity contribution in [1.82, 2.24) is 0 Å². The number of aromatic hydroxyl groups is 1. The molecule has 0 amide bonds. The van der Waals surface area contributed by atoms with Gasteiger partial charge < -0.3 is 29.8 Å². The highest BCUT2D eigenvalue weighted by Crippen LogP contribution is 2.39. The Morgan fingerprint density at radius 3 is 2.12 bits per heavy atom. The van der Waals surface area contributed by atoms with Crippen molar-refractivity contribution < 1.29 is 24.1 Å². The van der Waals surface area contributed by atoms with Crippen LogP contribution in [0.1, 0.15) is 18.1 Å². The van der Waals surface area contributed by atoms with Crippen LogP contribution < -0.4 is 24.7 Å². The molecule has 0 aromatic heterocycles. The SMILES string of the molecule is CCOc1ccc(/C=C(/N)c2cc(OC)c(OC)c(OC)c2)cc1O. The summed E-state index contributed by atoms with van der Waals surface area (Å²) in [5.41, 5.74) is 8.15. The summed E-state index contributed by atoms with van der Waals surface area (Å²) in [5, 5.41) is 9.99. The summed E-state index contributed by atoms with van der Waals surface area (Å²) in [5.74, 6) is 2.03. The molecule has 134 valence electrons. The summed E-state index contributed by atoms with van der Waals surface area (Å²) in [6, 6.07) is 8.64. The van der Waals surface area contributed by atoms with Crippen LogP contribution in [0.3, 0.4) is 0 Å². The van der Waals surface area contributed by atoms with Crippen LogP contribution in [0, 0.1) is 0 Å². The Kier molecular flexibility index (Phi) is 6.00. The minimum atomic E-state index is 0.0632. The Bertz CT molecular complexity index is 745. The van der Waals surface area contributed by atoms with Crippen molar-refractivity contribution in [1.29, 1.82) is 0 Å². The predicted molar refractivity (Wildman–Crippen MR) is 97.4 cm³/mol. The largest absolute Gasteiger partial charge is 0.504 e. The highest BCUT2D eigenvalue weighted by molar-refractivity contribution is 5.81. The van der Waals surface area contributed by atoms with E-state index in [2.05, 4.69) is 0 Å². The van der Waals surface area contributed by atoms with Crippen molar-refractivity contribution in [2.45, 2.75) is 6.92 Å². The zero-order valence-corrected chi connectivity index (χ0v) is 14.8. The van der Waals surface area contributed by atoms with Crippen molar-refractivity contribution >= 4 is 11.8 Å². The van der Waals surface area contributed by atoms with Gasteiger partial charge in [-0.15, -0.1) is 0 Å². The monoisotopic (exact) mass is 345 g/mol. The minimum Gasteiger partial charge on any atom is -0.504 e. The van der Waals surface area contributed by atoms with Crippen LogP contribution in [0.4, 0.5) is 0 Å². The van der Waals surface area contributed by atoms with Gasteiger partial charge >= 0.3 is 0 Å². The maximum atomic E-state index is 9.99. The van der Waals surface area contributed by atoms with Crippen LogP contribution in [0.5, 0.6) is 28.7 Å². The quantitative estimate of drug-likeness (QED) is 0.750. The number of hydrogen-bond acceptors (Lipinski definition) is 6. The fraction of sp³-hybridized carbons (Fsp3) is 0.263.